The molecule has 16 heavy (non-hydrogen) atoms. The van der Waals surface area contributed by atoms with Gasteiger partial charge in [0, 0.05) is 6.04 Å². The van der Waals surface area contributed by atoms with Crippen LogP contribution in [0.25, 0.3) is 0 Å². The van der Waals surface area contributed by atoms with E-state index < -0.39 is 33.6 Å². The molecule has 6 heteroatoms. The summed E-state index contributed by atoms with van der Waals surface area (Å²) in [5, 5.41) is 10.9. The molecule has 0 aliphatic carbocycles. The Morgan fingerprint density at radius 1 is 1.50 bits per heavy atom. The predicted molar refractivity (Wildman–Crippen MR) is 57.5 cm³/mol. The molecule has 1 aromatic rings. The van der Waals surface area contributed by atoms with Crippen molar-refractivity contribution in [3.05, 3.63) is 24.0 Å². The van der Waals surface area contributed by atoms with E-state index in [0.717, 1.165) is 0 Å². The molecule has 2 unspecified atom stereocenters. The normalized spacial score (nSPS) is 26.9. The summed E-state index contributed by atoms with van der Waals surface area (Å²) in [6.07, 6.45) is 0. The summed E-state index contributed by atoms with van der Waals surface area (Å²) >= 11 is 0. The Labute approximate surface area is 93.0 Å². The van der Waals surface area contributed by atoms with E-state index in [1.165, 1.54) is 18.2 Å². The third-order valence-corrected chi connectivity index (χ3v) is 5.10. The van der Waals surface area contributed by atoms with Crippen molar-refractivity contribution in [1.82, 2.24) is 0 Å². The molecule has 0 saturated heterocycles. The van der Waals surface area contributed by atoms with Crippen LogP contribution in [-0.4, -0.2) is 31.4 Å². The van der Waals surface area contributed by atoms with Crippen LogP contribution in [0.3, 0.4) is 0 Å². The fourth-order valence-electron chi connectivity index (χ4n) is 1.89. The number of fused-ring (bicyclic) bond motifs is 1. The molecule has 88 valence electrons. The van der Waals surface area contributed by atoms with Gasteiger partial charge in [0.15, 0.2) is 9.84 Å². The average Bonchev–Trinajstić information content (AvgIpc) is 2.20. The molecule has 0 saturated carbocycles. The zero-order valence-electron chi connectivity index (χ0n) is 8.64. The molecular formula is C10H12FNO3S. The number of anilines is 1. The molecule has 1 aliphatic rings. The van der Waals surface area contributed by atoms with E-state index >= 15 is 0 Å². The van der Waals surface area contributed by atoms with Crippen LogP contribution in [0, 0.1) is 5.82 Å². The highest BCUT2D eigenvalue weighted by Gasteiger charge is 2.39. The van der Waals surface area contributed by atoms with Crippen molar-refractivity contribution in [3.63, 3.8) is 0 Å². The van der Waals surface area contributed by atoms with Crippen molar-refractivity contribution in [2.45, 2.75) is 23.1 Å². The molecule has 0 amide bonds. The molecule has 1 heterocycles. The first-order valence-electron chi connectivity index (χ1n) is 4.88. The lowest BCUT2D eigenvalue weighted by Crippen LogP contribution is -2.44. The number of aliphatic hydroxyl groups excluding tert-OH is 1. The molecule has 2 N–H and O–H groups in total. The van der Waals surface area contributed by atoms with E-state index in [1.54, 1.807) is 6.92 Å². The average molecular weight is 245 g/mol. The molecule has 0 aromatic heterocycles. The van der Waals surface area contributed by atoms with Gasteiger partial charge in [-0.25, -0.2) is 12.8 Å². The lowest BCUT2D eigenvalue weighted by atomic mass is 10.2. The van der Waals surface area contributed by atoms with Gasteiger partial charge in [-0.1, -0.05) is 6.07 Å². The molecule has 1 aliphatic heterocycles. The highest BCUT2D eigenvalue weighted by atomic mass is 32.2. The molecule has 4 nitrogen and oxygen atoms in total. The van der Waals surface area contributed by atoms with Crippen molar-refractivity contribution in [3.8, 4) is 0 Å². The summed E-state index contributed by atoms with van der Waals surface area (Å²) in [4.78, 5) is -0.0790. The quantitative estimate of drug-likeness (QED) is 0.767. The van der Waals surface area contributed by atoms with E-state index in [4.69, 9.17) is 5.11 Å². The van der Waals surface area contributed by atoms with Crippen LogP contribution in [0.4, 0.5) is 10.1 Å². The highest BCUT2D eigenvalue weighted by molar-refractivity contribution is 7.92. The zero-order chi connectivity index (χ0) is 11.9. The van der Waals surface area contributed by atoms with Gasteiger partial charge in [-0.3, -0.25) is 0 Å². The Kier molecular flexibility index (Phi) is 2.63. The summed E-state index contributed by atoms with van der Waals surface area (Å²) in [6, 6.07) is 3.37. The monoisotopic (exact) mass is 245 g/mol. The number of para-hydroxylation sites is 1. The number of benzene rings is 1. The zero-order valence-corrected chi connectivity index (χ0v) is 9.46. The van der Waals surface area contributed by atoms with Crippen molar-refractivity contribution < 1.29 is 17.9 Å². The first kappa shape index (κ1) is 11.3. The SMILES string of the molecule is CC1Nc2c(F)cccc2S(=O)(=O)C1CO. The Balaban J connectivity index is 2.67. The van der Waals surface area contributed by atoms with Crippen molar-refractivity contribution in [2.75, 3.05) is 11.9 Å². The van der Waals surface area contributed by atoms with Gasteiger partial charge >= 0.3 is 0 Å². The molecule has 0 fully saturated rings. The maximum Gasteiger partial charge on any atom is 0.187 e. The molecule has 1 aromatic carbocycles. The van der Waals surface area contributed by atoms with Gasteiger partial charge in [0.1, 0.15) is 11.1 Å². The van der Waals surface area contributed by atoms with E-state index in [-0.39, 0.29) is 10.6 Å². The standard InChI is InChI=1S/C10H12FNO3S/c1-6-9(5-13)16(14,15)8-4-2-3-7(11)10(8)12-6/h2-4,6,9,12-13H,5H2,1H3. The van der Waals surface area contributed by atoms with E-state index in [0.29, 0.717) is 0 Å². The van der Waals surface area contributed by atoms with E-state index in [9.17, 15) is 12.8 Å². The minimum absolute atomic E-state index is 0.000278. The minimum atomic E-state index is -3.66. The van der Waals surface area contributed by atoms with Gasteiger partial charge in [-0.2, -0.15) is 0 Å². The number of sulfone groups is 1. The Morgan fingerprint density at radius 3 is 2.81 bits per heavy atom. The van der Waals surface area contributed by atoms with Gasteiger partial charge in [-0.15, -0.1) is 0 Å². The van der Waals surface area contributed by atoms with Crippen LogP contribution in [-0.2, 0) is 9.84 Å². The van der Waals surface area contributed by atoms with Crippen LogP contribution in [0.5, 0.6) is 0 Å². The van der Waals surface area contributed by atoms with Gasteiger partial charge in [0.2, 0.25) is 0 Å². The maximum absolute atomic E-state index is 13.4. The van der Waals surface area contributed by atoms with Crippen LogP contribution in [0.15, 0.2) is 23.1 Å². The summed E-state index contributed by atoms with van der Waals surface area (Å²) in [6.45, 7) is 1.13. The first-order valence-corrected chi connectivity index (χ1v) is 6.43. The smallest absolute Gasteiger partial charge is 0.187 e. The minimum Gasteiger partial charge on any atom is -0.395 e. The van der Waals surface area contributed by atoms with Gasteiger partial charge < -0.3 is 10.4 Å². The number of hydrogen-bond acceptors (Lipinski definition) is 4. The lowest BCUT2D eigenvalue weighted by Gasteiger charge is -2.31. The molecular weight excluding hydrogens is 233 g/mol. The van der Waals surface area contributed by atoms with Crippen LogP contribution >= 0.6 is 0 Å². The number of aliphatic hydroxyl groups is 1. The van der Waals surface area contributed by atoms with Gasteiger partial charge in [0.25, 0.3) is 0 Å². The van der Waals surface area contributed by atoms with Crippen molar-refractivity contribution in [1.29, 1.82) is 0 Å². The second-order valence-corrected chi connectivity index (χ2v) is 5.95. The molecule has 0 spiro atoms. The van der Waals surface area contributed by atoms with Crippen LogP contribution in [0.2, 0.25) is 0 Å². The topological polar surface area (TPSA) is 66.4 Å². The molecule has 0 radical (unpaired) electrons. The molecule has 2 rings (SSSR count). The summed E-state index contributed by atoms with van der Waals surface area (Å²) < 4.78 is 37.5. The molecule has 0 bridgehead atoms. The third kappa shape index (κ3) is 1.49. The van der Waals surface area contributed by atoms with Crippen LogP contribution < -0.4 is 5.32 Å². The Morgan fingerprint density at radius 2 is 2.19 bits per heavy atom. The second-order valence-electron chi connectivity index (χ2n) is 3.81. The van der Waals surface area contributed by atoms with E-state index in [1.807, 2.05) is 0 Å². The summed E-state index contributed by atoms with van der Waals surface area (Å²) in [5.41, 5.74) is -0.000278. The maximum atomic E-state index is 13.4. The Bertz CT molecular complexity index is 515. The largest absolute Gasteiger partial charge is 0.395 e. The summed E-state index contributed by atoms with van der Waals surface area (Å²) in [7, 11) is -3.66. The fourth-order valence-corrected chi connectivity index (χ4v) is 3.73. The van der Waals surface area contributed by atoms with Crippen molar-refractivity contribution >= 4 is 15.5 Å². The molecule has 2 atom stereocenters. The van der Waals surface area contributed by atoms with Gasteiger partial charge in [-0.05, 0) is 19.1 Å². The fraction of sp³-hybridized carbons (Fsp3) is 0.400. The number of halogens is 1. The summed E-state index contributed by atoms with van der Waals surface area (Å²) in [5.74, 6) is -0.593. The van der Waals surface area contributed by atoms with Gasteiger partial charge in [0.05, 0.1) is 17.2 Å². The highest BCUT2D eigenvalue weighted by Crippen LogP contribution is 2.34. The van der Waals surface area contributed by atoms with E-state index in [2.05, 4.69) is 5.32 Å². The number of rotatable bonds is 1. The lowest BCUT2D eigenvalue weighted by molar-refractivity contribution is 0.281. The Hall–Kier alpha value is -1.14. The van der Waals surface area contributed by atoms with Crippen LogP contribution in [0.1, 0.15) is 6.92 Å². The first-order chi connectivity index (χ1) is 7.48. The third-order valence-electron chi connectivity index (χ3n) is 2.79. The predicted octanol–water partition coefficient (Wildman–Crippen LogP) is 0.774. The van der Waals surface area contributed by atoms with Crippen molar-refractivity contribution in [2.24, 2.45) is 0 Å². The number of hydrogen-bond donors (Lipinski definition) is 2. The number of nitrogens with one attached hydrogen (secondary N) is 1. The second kappa shape index (κ2) is 3.71.